The number of ether oxygens (including phenoxy) is 2. The average Bonchev–Trinajstić information content (AvgIpc) is 2.84. The number of hydrogen-bond acceptors (Lipinski definition) is 5. The molecular weight excluding hydrogens is 310 g/mol. The van der Waals surface area contributed by atoms with E-state index < -0.39 is 0 Å². The lowest BCUT2D eigenvalue weighted by Gasteiger charge is -2.06. The molecule has 0 saturated carbocycles. The smallest absolute Gasteiger partial charge is 0.191 e. The summed E-state index contributed by atoms with van der Waals surface area (Å²) in [6.07, 6.45) is 0. The monoisotopic (exact) mass is 327 g/mol. The fourth-order valence-corrected chi connectivity index (χ4v) is 2.52. The van der Waals surface area contributed by atoms with E-state index in [-0.39, 0.29) is 0 Å². The van der Waals surface area contributed by atoms with Gasteiger partial charge in [-0.05, 0) is 31.2 Å². The normalized spacial score (nSPS) is 10.8. The maximum atomic E-state index is 5.83. The van der Waals surface area contributed by atoms with Gasteiger partial charge in [0, 0.05) is 24.4 Å². The molecular formula is C14H18ClN3O2S. The van der Waals surface area contributed by atoms with Crippen molar-refractivity contribution in [2.24, 2.45) is 7.05 Å². The largest absolute Gasteiger partial charge is 0.486 e. The first kappa shape index (κ1) is 16.1. The molecule has 21 heavy (non-hydrogen) atoms. The molecule has 0 aliphatic heterocycles. The zero-order chi connectivity index (χ0) is 15.1. The van der Waals surface area contributed by atoms with Crippen LogP contribution in [0.15, 0.2) is 29.4 Å². The Labute approximate surface area is 133 Å². The minimum Gasteiger partial charge on any atom is -0.486 e. The maximum absolute atomic E-state index is 5.83. The summed E-state index contributed by atoms with van der Waals surface area (Å²) in [7, 11) is 1.93. The highest BCUT2D eigenvalue weighted by molar-refractivity contribution is 7.99. The van der Waals surface area contributed by atoms with Gasteiger partial charge in [-0.15, -0.1) is 10.2 Å². The van der Waals surface area contributed by atoms with E-state index in [1.165, 1.54) is 0 Å². The molecule has 2 rings (SSSR count). The number of benzene rings is 1. The summed E-state index contributed by atoms with van der Waals surface area (Å²) in [5, 5.41) is 9.86. The highest BCUT2D eigenvalue weighted by Gasteiger charge is 2.09. The van der Waals surface area contributed by atoms with E-state index in [0.717, 1.165) is 29.1 Å². The van der Waals surface area contributed by atoms with Gasteiger partial charge in [-0.1, -0.05) is 23.4 Å². The van der Waals surface area contributed by atoms with Crippen molar-refractivity contribution >= 4 is 23.4 Å². The summed E-state index contributed by atoms with van der Waals surface area (Å²) in [5.41, 5.74) is 0. The van der Waals surface area contributed by atoms with Crippen molar-refractivity contribution in [2.75, 3.05) is 19.0 Å². The van der Waals surface area contributed by atoms with Crippen LogP contribution in [-0.4, -0.2) is 33.7 Å². The Bertz CT molecular complexity index is 560. The molecule has 1 heterocycles. The van der Waals surface area contributed by atoms with Crippen molar-refractivity contribution in [3.63, 3.8) is 0 Å². The lowest BCUT2D eigenvalue weighted by atomic mass is 10.3. The van der Waals surface area contributed by atoms with Crippen LogP contribution >= 0.6 is 23.4 Å². The Kier molecular flexibility index (Phi) is 6.35. The fourth-order valence-electron chi connectivity index (χ4n) is 1.61. The molecule has 0 fully saturated rings. The van der Waals surface area contributed by atoms with Crippen molar-refractivity contribution in [2.45, 2.75) is 18.7 Å². The number of hydrogen-bond donors (Lipinski definition) is 0. The van der Waals surface area contributed by atoms with Gasteiger partial charge in [0.2, 0.25) is 0 Å². The third kappa shape index (κ3) is 4.91. The summed E-state index contributed by atoms with van der Waals surface area (Å²) in [5.74, 6) is 2.40. The first-order chi connectivity index (χ1) is 10.2. The third-order valence-electron chi connectivity index (χ3n) is 2.77. The highest BCUT2D eigenvalue weighted by Crippen LogP contribution is 2.18. The second-order valence-electron chi connectivity index (χ2n) is 4.25. The molecule has 7 heteroatoms. The predicted octanol–water partition coefficient (Wildman–Crippen LogP) is 3.18. The van der Waals surface area contributed by atoms with E-state index in [1.54, 1.807) is 23.9 Å². The van der Waals surface area contributed by atoms with Crippen molar-refractivity contribution in [3.8, 4) is 5.75 Å². The number of aromatic nitrogens is 3. The molecule has 0 amide bonds. The summed E-state index contributed by atoms with van der Waals surface area (Å²) in [4.78, 5) is 0. The molecule has 0 aliphatic rings. The Hall–Kier alpha value is -1.24. The SMILES string of the molecule is CCOCCSc1nnc(COc2ccc(Cl)cc2)n1C. The van der Waals surface area contributed by atoms with E-state index in [2.05, 4.69) is 10.2 Å². The topological polar surface area (TPSA) is 49.2 Å². The van der Waals surface area contributed by atoms with Gasteiger partial charge in [-0.3, -0.25) is 0 Å². The van der Waals surface area contributed by atoms with Gasteiger partial charge >= 0.3 is 0 Å². The van der Waals surface area contributed by atoms with E-state index >= 15 is 0 Å². The number of nitrogens with zero attached hydrogens (tertiary/aromatic N) is 3. The van der Waals surface area contributed by atoms with Gasteiger partial charge in [0.25, 0.3) is 0 Å². The molecule has 1 aromatic carbocycles. The van der Waals surface area contributed by atoms with Gasteiger partial charge in [0.1, 0.15) is 12.4 Å². The quantitative estimate of drug-likeness (QED) is 0.550. The van der Waals surface area contributed by atoms with Gasteiger partial charge in [-0.25, -0.2) is 0 Å². The lowest BCUT2D eigenvalue weighted by Crippen LogP contribution is -2.04. The third-order valence-corrected chi connectivity index (χ3v) is 4.01. The van der Waals surface area contributed by atoms with Crippen LogP contribution in [0.1, 0.15) is 12.7 Å². The van der Waals surface area contributed by atoms with Crippen LogP contribution in [0, 0.1) is 0 Å². The molecule has 5 nitrogen and oxygen atoms in total. The molecule has 1 aromatic heterocycles. The molecule has 0 spiro atoms. The average molecular weight is 328 g/mol. The van der Waals surface area contributed by atoms with Crippen molar-refractivity contribution in [3.05, 3.63) is 35.1 Å². The molecule has 2 aromatic rings. The van der Waals surface area contributed by atoms with Gasteiger partial charge in [0.05, 0.1) is 6.61 Å². The highest BCUT2D eigenvalue weighted by atomic mass is 35.5. The van der Waals surface area contributed by atoms with Crippen LogP contribution in [-0.2, 0) is 18.4 Å². The molecule has 0 saturated heterocycles. The molecule has 0 aliphatic carbocycles. The van der Waals surface area contributed by atoms with Gasteiger partial charge < -0.3 is 14.0 Å². The Morgan fingerprint density at radius 2 is 2.00 bits per heavy atom. The van der Waals surface area contributed by atoms with Crippen molar-refractivity contribution in [1.29, 1.82) is 0 Å². The lowest BCUT2D eigenvalue weighted by molar-refractivity contribution is 0.164. The summed E-state index contributed by atoms with van der Waals surface area (Å²) in [6, 6.07) is 7.25. The second kappa shape index (κ2) is 8.26. The predicted molar refractivity (Wildman–Crippen MR) is 84.0 cm³/mol. The maximum Gasteiger partial charge on any atom is 0.191 e. The number of rotatable bonds is 8. The van der Waals surface area contributed by atoms with Crippen LogP contribution in [0.25, 0.3) is 0 Å². The Balaban J connectivity index is 1.86. The van der Waals surface area contributed by atoms with E-state index in [0.29, 0.717) is 18.2 Å². The van der Waals surface area contributed by atoms with Crippen molar-refractivity contribution in [1.82, 2.24) is 14.8 Å². The zero-order valence-corrected chi connectivity index (χ0v) is 13.7. The Morgan fingerprint density at radius 3 is 2.71 bits per heavy atom. The molecule has 0 radical (unpaired) electrons. The van der Waals surface area contributed by atoms with E-state index in [9.17, 15) is 0 Å². The van der Waals surface area contributed by atoms with Crippen LogP contribution in [0.4, 0.5) is 0 Å². The van der Waals surface area contributed by atoms with Gasteiger partial charge in [-0.2, -0.15) is 0 Å². The minimum atomic E-state index is 0.372. The van der Waals surface area contributed by atoms with E-state index in [4.69, 9.17) is 21.1 Å². The number of halogens is 1. The molecule has 0 bridgehead atoms. The standard InChI is InChI=1S/C14H18ClN3O2S/c1-3-19-8-9-21-14-17-16-13(18(14)2)10-20-12-6-4-11(15)5-7-12/h4-7H,3,8-10H2,1-2H3. The Morgan fingerprint density at radius 1 is 1.24 bits per heavy atom. The minimum absolute atomic E-state index is 0.372. The van der Waals surface area contributed by atoms with Crippen LogP contribution in [0.2, 0.25) is 5.02 Å². The summed E-state index contributed by atoms with van der Waals surface area (Å²) in [6.45, 7) is 3.81. The zero-order valence-electron chi connectivity index (χ0n) is 12.1. The van der Waals surface area contributed by atoms with Crippen LogP contribution < -0.4 is 4.74 Å². The van der Waals surface area contributed by atoms with Crippen LogP contribution in [0.3, 0.4) is 0 Å². The summed E-state index contributed by atoms with van der Waals surface area (Å²) < 4.78 is 12.9. The molecule has 114 valence electrons. The fraction of sp³-hybridized carbons (Fsp3) is 0.429. The molecule has 0 unspecified atom stereocenters. The first-order valence-electron chi connectivity index (χ1n) is 6.68. The van der Waals surface area contributed by atoms with Crippen molar-refractivity contribution < 1.29 is 9.47 Å². The van der Waals surface area contributed by atoms with Gasteiger partial charge in [0.15, 0.2) is 11.0 Å². The number of thioether (sulfide) groups is 1. The summed E-state index contributed by atoms with van der Waals surface area (Å²) >= 11 is 7.46. The molecule has 0 N–H and O–H groups in total. The first-order valence-corrected chi connectivity index (χ1v) is 8.04. The van der Waals surface area contributed by atoms with E-state index in [1.807, 2.05) is 30.7 Å². The molecule has 0 atom stereocenters. The van der Waals surface area contributed by atoms with Crippen LogP contribution in [0.5, 0.6) is 5.75 Å². The second-order valence-corrected chi connectivity index (χ2v) is 5.74.